The van der Waals surface area contributed by atoms with E-state index in [1.807, 2.05) is 4.90 Å². The maximum atomic E-state index is 12.4. The maximum absolute atomic E-state index is 12.4. The van der Waals surface area contributed by atoms with Crippen molar-refractivity contribution in [2.45, 2.75) is 6.92 Å². The molecular weight excluding hydrogens is 302 g/mol. The van der Waals surface area contributed by atoms with Crippen LogP contribution in [0.25, 0.3) is 0 Å². The Morgan fingerprint density at radius 1 is 1.14 bits per heavy atom. The third-order valence-corrected chi connectivity index (χ3v) is 5.29. The highest BCUT2D eigenvalue weighted by Crippen LogP contribution is 2.17. The number of piperazine rings is 1. The van der Waals surface area contributed by atoms with Gasteiger partial charge < -0.3 is 9.80 Å². The first-order valence-corrected chi connectivity index (χ1v) is 9.23. The summed E-state index contributed by atoms with van der Waals surface area (Å²) in [7, 11) is -1.79. The van der Waals surface area contributed by atoms with Crippen molar-refractivity contribution in [3.8, 4) is 0 Å². The number of likely N-dealkylation sites (N-methyl/N-ethyl adjacent to an activating group) is 1. The number of carbonyl (C=O) groups excluding carboxylic acids is 1. The molecule has 1 amide bonds. The fourth-order valence-corrected chi connectivity index (χ4v) is 2.96. The Bertz CT molecular complexity index is 620. The standard InChI is InChI=1S/C15H23N3O3S/c1-4-17-9-11-18(12-10-17)15(19)13-5-7-14(8-6-13)16(2)22(3,20)21/h5-8H,4,9-12H2,1-3H3. The summed E-state index contributed by atoms with van der Waals surface area (Å²) in [6.07, 6.45) is 1.15. The number of hydrogen-bond donors (Lipinski definition) is 0. The van der Waals surface area contributed by atoms with Crippen molar-refractivity contribution in [2.75, 3.05) is 50.3 Å². The molecule has 0 bridgehead atoms. The Morgan fingerprint density at radius 2 is 1.68 bits per heavy atom. The maximum Gasteiger partial charge on any atom is 0.253 e. The first kappa shape index (κ1) is 16.8. The van der Waals surface area contributed by atoms with E-state index in [1.54, 1.807) is 24.3 Å². The molecule has 1 fully saturated rings. The lowest BCUT2D eigenvalue weighted by Crippen LogP contribution is -2.48. The predicted octanol–water partition coefficient (Wildman–Crippen LogP) is 0.860. The SMILES string of the molecule is CCN1CCN(C(=O)c2ccc(N(C)S(C)(=O)=O)cc2)CC1. The Labute approximate surface area is 132 Å². The average molecular weight is 325 g/mol. The number of benzene rings is 1. The fraction of sp³-hybridized carbons (Fsp3) is 0.533. The second-order valence-corrected chi connectivity index (χ2v) is 7.52. The highest BCUT2D eigenvalue weighted by atomic mass is 32.2. The van der Waals surface area contributed by atoms with Gasteiger partial charge in [0.2, 0.25) is 10.0 Å². The van der Waals surface area contributed by atoms with Crippen LogP contribution in [0.4, 0.5) is 5.69 Å². The monoisotopic (exact) mass is 325 g/mol. The van der Waals surface area contributed by atoms with Gasteiger partial charge in [0.1, 0.15) is 0 Å². The first-order chi connectivity index (χ1) is 10.3. The zero-order valence-corrected chi connectivity index (χ0v) is 14.1. The van der Waals surface area contributed by atoms with E-state index in [-0.39, 0.29) is 5.91 Å². The number of rotatable bonds is 4. The number of hydrogen-bond acceptors (Lipinski definition) is 4. The number of carbonyl (C=O) groups is 1. The minimum atomic E-state index is -3.29. The number of amides is 1. The lowest BCUT2D eigenvalue weighted by molar-refractivity contribution is 0.0643. The van der Waals surface area contributed by atoms with E-state index in [1.165, 1.54) is 11.4 Å². The average Bonchev–Trinajstić information content (AvgIpc) is 2.53. The van der Waals surface area contributed by atoms with Gasteiger partial charge in [-0.2, -0.15) is 0 Å². The van der Waals surface area contributed by atoms with Crippen molar-refractivity contribution >= 4 is 21.6 Å². The quantitative estimate of drug-likeness (QED) is 0.824. The smallest absolute Gasteiger partial charge is 0.253 e. The van der Waals surface area contributed by atoms with Crippen LogP contribution in [0, 0.1) is 0 Å². The van der Waals surface area contributed by atoms with Gasteiger partial charge in [-0.25, -0.2) is 8.42 Å². The van der Waals surface area contributed by atoms with Gasteiger partial charge in [0, 0.05) is 38.8 Å². The van der Waals surface area contributed by atoms with Crippen LogP contribution in [-0.2, 0) is 10.0 Å². The molecule has 6 nitrogen and oxygen atoms in total. The molecule has 0 spiro atoms. The summed E-state index contributed by atoms with van der Waals surface area (Å²) in [6.45, 7) is 6.40. The second-order valence-electron chi connectivity index (χ2n) is 5.50. The van der Waals surface area contributed by atoms with Gasteiger partial charge in [0.15, 0.2) is 0 Å². The molecule has 0 unspecified atom stereocenters. The van der Waals surface area contributed by atoms with E-state index in [4.69, 9.17) is 0 Å². The molecular formula is C15H23N3O3S. The molecule has 0 aromatic heterocycles. The molecule has 1 aromatic carbocycles. The van der Waals surface area contributed by atoms with Gasteiger partial charge in [-0.1, -0.05) is 6.92 Å². The Hall–Kier alpha value is -1.60. The van der Waals surface area contributed by atoms with Crippen molar-refractivity contribution < 1.29 is 13.2 Å². The zero-order chi connectivity index (χ0) is 16.3. The summed E-state index contributed by atoms with van der Waals surface area (Å²) >= 11 is 0. The Balaban J connectivity index is 2.06. The first-order valence-electron chi connectivity index (χ1n) is 7.38. The molecule has 22 heavy (non-hydrogen) atoms. The van der Waals surface area contributed by atoms with E-state index in [0.29, 0.717) is 11.3 Å². The molecule has 0 atom stereocenters. The van der Waals surface area contributed by atoms with Crippen molar-refractivity contribution in [3.05, 3.63) is 29.8 Å². The summed E-state index contributed by atoms with van der Waals surface area (Å²) in [5, 5.41) is 0. The van der Waals surface area contributed by atoms with Crippen LogP contribution < -0.4 is 4.31 Å². The van der Waals surface area contributed by atoms with Gasteiger partial charge in [0.05, 0.1) is 11.9 Å². The molecule has 1 aliphatic rings. The summed E-state index contributed by atoms with van der Waals surface area (Å²) in [4.78, 5) is 16.6. The number of anilines is 1. The summed E-state index contributed by atoms with van der Waals surface area (Å²) in [5.41, 5.74) is 1.14. The molecule has 122 valence electrons. The zero-order valence-electron chi connectivity index (χ0n) is 13.3. The van der Waals surface area contributed by atoms with Crippen molar-refractivity contribution in [1.29, 1.82) is 0 Å². The molecule has 2 rings (SSSR count). The second kappa shape index (κ2) is 6.66. The molecule has 1 saturated heterocycles. The van der Waals surface area contributed by atoms with Crippen LogP contribution in [0.1, 0.15) is 17.3 Å². The Morgan fingerprint density at radius 3 is 2.14 bits per heavy atom. The van der Waals surface area contributed by atoms with Crippen LogP contribution in [0.15, 0.2) is 24.3 Å². The number of nitrogens with zero attached hydrogens (tertiary/aromatic N) is 3. The van der Waals surface area contributed by atoms with Crippen molar-refractivity contribution in [1.82, 2.24) is 9.80 Å². The minimum Gasteiger partial charge on any atom is -0.336 e. The summed E-state index contributed by atoms with van der Waals surface area (Å²) in [5.74, 6) is 0.00399. The van der Waals surface area contributed by atoms with Crippen LogP contribution in [0.3, 0.4) is 0 Å². The lowest BCUT2D eigenvalue weighted by Gasteiger charge is -2.34. The fourth-order valence-electron chi connectivity index (χ4n) is 2.46. The van der Waals surface area contributed by atoms with Crippen LogP contribution in [-0.4, -0.2) is 70.2 Å². The van der Waals surface area contributed by atoms with Crippen molar-refractivity contribution in [2.24, 2.45) is 0 Å². The normalized spacial score (nSPS) is 16.6. The van der Waals surface area contributed by atoms with Gasteiger partial charge in [0.25, 0.3) is 5.91 Å². The van der Waals surface area contributed by atoms with Gasteiger partial charge in [-0.05, 0) is 30.8 Å². The largest absolute Gasteiger partial charge is 0.336 e. The van der Waals surface area contributed by atoms with E-state index >= 15 is 0 Å². The van der Waals surface area contributed by atoms with Crippen LogP contribution >= 0.6 is 0 Å². The molecule has 1 aromatic rings. The van der Waals surface area contributed by atoms with Gasteiger partial charge >= 0.3 is 0 Å². The molecule has 1 aliphatic heterocycles. The molecule has 0 radical (unpaired) electrons. The Kier molecular flexibility index (Phi) is 5.08. The lowest BCUT2D eigenvalue weighted by atomic mass is 10.1. The summed E-state index contributed by atoms with van der Waals surface area (Å²) < 4.78 is 24.2. The van der Waals surface area contributed by atoms with E-state index < -0.39 is 10.0 Å². The van der Waals surface area contributed by atoms with Gasteiger partial charge in [-0.15, -0.1) is 0 Å². The highest BCUT2D eigenvalue weighted by molar-refractivity contribution is 7.92. The summed E-state index contributed by atoms with van der Waals surface area (Å²) in [6, 6.07) is 6.70. The molecule has 0 aliphatic carbocycles. The molecule has 1 heterocycles. The highest BCUT2D eigenvalue weighted by Gasteiger charge is 2.21. The predicted molar refractivity (Wildman–Crippen MR) is 87.7 cm³/mol. The minimum absolute atomic E-state index is 0.00399. The molecule has 0 N–H and O–H groups in total. The van der Waals surface area contributed by atoms with Crippen molar-refractivity contribution in [3.63, 3.8) is 0 Å². The third kappa shape index (κ3) is 3.78. The van der Waals surface area contributed by atoms with E-state index in [0.717, 1.165) is 39.0 Å². The third-order valence-electron chi connectivity index (χ3n) is 4.08. The van der Waals surface area contributed by atoms with Crippen LogP contribution in [0.5, 0.6) is 0 Å². The van der Waals surface area contributed by atoms with Crippen LogP contribution in [0.2, 0.25) is 0 Å². The molecule has 0 saturated carbocycles. The topological polar surface area (TPSA) is 60.9 Å². The number of sulfonamides is 1. The molecule has 7 heteroatoms. The van der Waals surface area contributed by atoms with Gasteiger partial charge in [-0.3, -0.25) is 9.10 Å². The van der Waals surface area contributed by atoms with E-state index in [2.05, 4.69) is 11.8 Å². The van der Waals surface area contributed by atoms with E-state index in [9.17, 15) is 13.2 Å².